The van der Waals surface area contributed by atoms with Crippen LogP contribution in [0.15, 0.2) is 95.9 Å². The van der Waals surface area contributed by atoms with Crippen molar-refractivity contribution in [1.29, 1.82) is 0 Å². The zero-order valence-electron chi connectivity index (χ0n) is 21.7. The second-order valence-electron chi connectivity index (χ2n) is 8.82. The number of aryl methyl sites for hydroxylation is 1. The maximum Gasteiger partial charge on any atom is 0.338 e. The Hall–Kier alpha value is -3.85. The first-order valence-electron chi connectivity index (χ1n) is 12.3. The van der Waals surface area contributed by atoms with Crippen LogP contribution in [0.4, 0.5) is 11.4 Å². The van der Waals surface area contributed by atoms with Gasteiger partial charge in [-0.15, -0.1) is 0 Å². The Kier molecular flexibility index (Phi) is 9.14. The van der Waals surface area contributed by atoms with E-state index in [2.05, 4.69) is 5.32 Å². The van der Waals surface area contributed by atoms with E-state index in [9.17, 15) is 18.0 Å². The van der Waals surface area contributed by atoms with E-state index >= 15 is 0 Å². The number of halogens is 2. The van der Waals surface area contributed by atoms with Crippen LogP contribution in [-0.4, -0.2) is 26.9 Å². The van der Waals surface area contributed by atoms with E-state index in [-0.39, 0.29) is 28.6 Å². The lowest BCUT2D eigenvalue weighted by molar-refractivity contribution is 0.0526. The molecule has 0 saturated carbocycles. The molecule has 0 aliphatic heterocycles. The first kappa shape index (κ1) is 29.1. The summed E-state index contributed by atoms with van der Waals surface area (Å²) < 4.78 is 33.7. The molecule has 0 heterocycles. The average molecular weight is 598 g/mol. The van der Waals surface area contributed by atoms with Gasteiger partial charge in [0, 0.05) is 10.6 Å². The highest BCUT2D eigenvalue weighted by Crippen LogP contribution is 2.31. The molecule has 40 heavy (non-hydrogen) atoms. The molecule has 0 aliphatic rings. The molecule has 0 spiro atoms. The van der Waals surface area contributed by atoms with Crippen molar-refractivity contribution in [2.45, 2.75) is 25.3 Å². The van der Waals surface area contributed by atoms with Gasteiger partial charge in [0.1, 0.15) is 0 Å². The van der Waals surface area contributed by atoms with Crippen LogP contribution in [0, 0.1) is 6.92 Å². The summed E-state index contributed by atoms with van der Waals surface area (Å²) in [6.07, 6.45) is 0. The van der Waals surface area contributed by atoms with Gasteiger partial charge in [-0.2, -0.15) is 0 Å². The van der Waals surface area contributed by atoms with Crippen LogP contribution in [0.1, 0.15) is 38.8 Å². The Morgan fingerprint density at radius 1 is 0.875 bits per heavy atom. The molecule has 0 bridgehead atoms. The number of hydrogen-bond acceptors (Lipinski definition) is 5. The van der Waals surface area contributed by atoms with Gasteiger partial charge in [0.25, 0.3) is 15.9 Å². The number of carbonyl (C=O) groups is 2. The normalized spacial score (nSPS) is 11.1. The SMILES string of the molecule is CCOC(=O)c1ccc(NC(=O)c2ccc(CN(c3cc(Cl)ccc3C)S(=O)(=O)c3ccccc3)cc2)c(Cl)c1. The lowest BCUT2D eigenvalue weighted by atomic mass is 10.1. The Morgan fingerprint density at radius 2 is 1.55 bits per heavy atom. The second kappa shape index (κ2) is 12.6. The summed E-state index contributed by atoms with van der Waals surface area (Å²) in [7, 11) is -3.93. The number of anilines is 2. The number of esters is 1. The molecule has 0 saturated heterocycles. The highest BCUT2D eigenvalue weighted by atomic mass is 35.5. The van der Waals surface area contributed by atoms with Crippen LogP contribution in [0.2, 0.25) is 10.0 Å². The van der Waals surface area contributed by atoms with Gasteiger partial charge in [0.05, 0.1) is 40.0 Å². The molecule has 0 atom stereocenters. The largest absolute Gasteiger partial charge is 0.462 e. The Bertz CT molecular complexity index is 1640. The summed E-state index contributed by atoms with van der Waals surface area (Å²) in [5, 5.41) is 3.33. The molecule has 4 aromatic carbocycles. The van der Waals surface area contributed by atoms with Crippen LogP contribution in [0.5, 0.6) is 0 Å². The predicted molar refractivity (Wildman–Crippen MR) is 158 cm³/mol. The van der Waals surface area contributed by atoms with Crippen molar-refractivity contribution in [2.75, 3.05) is 16.2 Å². The molecule has 0 fully saturated rings. The number of nitrogens with one attached hydrogen (secondary N) is 1. The van der Waals surface area contributed by atoms with Crippen molar-refractivity contribution in [3.8, 4) is 0 Å². The number of hydrogen-bond donors (Lipinski definition) is 1. The minimum atomic E-state index is -3.93. The lowest BCUT2D eigenvalue weighted by Gasteiger charge is -2.26. The summed E-state index contributed by atoms with van der Waals surface area (Å²) in [4.78, 5) is 24.9. The zero-order valence-corrected chi connectivity index (χ0v) is 24.1. The molecule has 206 valence electrons. The predicted octanol–water partition coefficient (Wildman–Crippen LogP) is 7.13. The second-order valence-corrected chi connectivity index (χ2v) is 11.5. The van der Waals surface area contributed by atoms with Crippen LogP contribution < -0.4 is 9.62 Å². The molecular formula is C30H26Cl2N2O5S. The molecule has 0 aliphatic carbocycles. The van der Waals surface area contributed by atoms with E-state index in [0.29, 0.717) is 27.5 Å². The fourth-order valence-electron chi connectivity index (χ4n) is 3.95. The van der Waals surface area contributed by atoms with Crippen LogP contribution in [0.3, 0.4) is 0 Å². The van der Waals surface area contributed by atoms with E-state index in [1.54, 1.807) is 79.7 Å². The van der Waals surface area contributed by atoms with Crippen molar-refractivity contribution in [2.24, 2.45) is 0 Å². The van der Waals surface area contributed by atoms with Gasteiger partial charge in [-0.05, 0) is 79.6 Å². The summed E-state index contributed by atoms with van der Waals surface area (Å²) in [5.74, 6) is -0.925. The minimum Gasteiger partial charge on any atom is -0.462 e. The fourth-order valence-corrected chi connectivity index (χ4v) is 5.87. The number of rotatable bonds is 9. The van der Waals surface area contributed by atoms with Gasteiger partial charge in [-0.3, -0.25) is 9.10 Å². The van der Waals surface area contributed by atoms with Crippen molar-refractivity contribution in [3.05, 3.63) is 123 Å². The first-order chi connectivity index (χ1) is 19.1. The van der Waals surface area contributed by atoms with Gasteiger partial charge < -0.3 is 10.1 Å². The summed E-state index contributed by atoms with van der Waals surface area (Å²) in [6, 6.07) is 24.3. The van der Waals surface area contributed by atoms with Crippen molar-refractivity contribution >= 4 is 56.5 Å². The summed E-state index contributed by atoms with van der Waals surface area (Å²) >= 11 is 12.5. The lowest BCUT2D eigenvalue weighted by Crippen LogP contribution is -2.31. The van der Waals surface area contributed by atoms with Crippen molar-refractivity contribution < 1.29 is 22.7 Å². The zero-order chi connectivity index (χ0) is 28.9. The van der Waals surface area contributed by atoms with E-state index in [4.69, 9.17) is 27.9 Å². The third-order valence-electron chi connectivity index (χ3n) is 6.04. The quantitative estimate of drug-likeness (QED) is 0.207. The number of benzene rings is 4. The smallest absolute Gasteiger partial charge is 0.338 e. The van der Waals surface area contributed by atoms with E-state index in [1.165, 1.54) is 22.5 Å². The van der Waals surface area contributed by atoms with Gasteiger partial charge >= 0.3 is 5.97 Å². The third kappa shape index (κ3) is 6.65. The fraction of sp³-hybridized carbons (Fsp3) is 0.133. The standard InChI is InChI=1S/C30H26Cl2N2O5S/c1-3-39-30(36)23-14-16-27(26(32)17-23)33-29(35)22-12-10-21(11-13-22)19-34(28-18-24(31)15-9-20(28)2)40(37,38)25-7-5-4-6-8-25/h4-18H,3,19H2,1-2H3,(H,33,35). The Morgan fingerprint density at radius 3 is 2.20 bits per heavy atom. The molecule has 7 nitrogen and oxygen atoms in total. The van der Waals surface area contributed by atoms with Gasteiger partial charge in [-0.25, -0.2) is 13.2 Å². The molecule has 0 aromatic heterocycles. The molecule has 1 N–H and O–H groups in total. The number of amides is 1. The Balaban J connectivity index is 1.57. The molecule has 4 aromatic rings. The topological polar surface area (TPSA) is 92.8 Å². The van der Waals surface area contributed by atoms with Gasteiger partial charge in [-0.1, -0.05) is 59.6 Å². The summed E-state index contributed by atoms with van der Waals surface area (Å²) in [6.45, 7) is 3.77. The van der Waals surface area contributed by atoms with E-state index in [1.807, 2.05) is 6.92 Å². The Labute approximate surface area is 243 Å². The highest BCUT2D eigenvalue weighted by Gasteiger charge is 2.26. The maximum atomic E-state index is 13.7. The summed E-state index contributed by atoms with van der Waals surface area (Å²) in [5.41, 5.74) is 2.81. The minimum absolute atomic E-state index is 0.0153. The number of nitrogens with zero attached hydrogens (tertiary/aromatic N) is 1. The first-order valence-corrected chi connectivity index (χ1v) is 14.5. The molecule has 10 heteroatoms. The monoisotopic (exact) mass is 596 g/mol. The van der Waals surface area contributed by atoms with Crippen LogP contribution in [0.25, 0.3) is 0 Å². The number of sulfonamides is 1. The molecule has 1 amide bonds. The molecular weight excluding hydrogens is 571 g/mol. The number of ether oxygens (including phenoxy) is 1. The van der Waals surface area contributed by atoms with Crippen molar-refractivity contribution in [3.63, 3.8) is 0 Å². The molecule has 4 rings (SSSR count). The van der Waals surface area contributed by atoms with E-state index < -0.39 is 21.9 Å². The van der Waals surface area contributed by atoms with Crippen molar-refractivity contribution in [1.82, 2.24) is 0 Å². The third-order valence-corrected chi connectivity index (χ3v) is 8.36. The van der Waals surface area contributed by atoms with Gasteiger partial charge in [0.2, 0.25) is 0 Å². The average Bonchev–Trinajstić information content (AvgIpc) is 2.95. The van der Waals surface area contributed by atoms with Crippen LogP contribution >= 0.6 is 23.2 Å². The maximum absolute atomic E-state index is 13.7. The number of carbonyl (C=O) groups excluding carboxylic acids is 2. The molecule has 0 radical (unpaired) electrons. The van der Waals surface area contributed by atoms with Gasteiger partial charge in [0.15, 0.2) is 0 Å². The molecule has 0 unspecified atom stereocenters. The van der Waals surface area contributed by atoms with Crippen LogP contribution in [-0.2, 0) is 21.3 Å². The highest BCUT2D eigenvalue weighted by molar-refractivity contribution is 7.92. The van der Waals surface area contributed by atoms with E-state index in [0.717, 1.165) is 5.56 Å².